The quantitative estimate of drug-likeness (QED) is 0.519. The highest BCUT2D eigenvalue weighted by molar-refractivity contribution is 6.08. The van der Waals surface area contributed by atoms with Crippen molar-refractivity contribution in [2.45, 2.75) is 37.6 Å². The Hall–Kier alpha value is -4.03. The molecule has 0 bridgehead atoms. The summed E-state index contributed by atoms with van der Waals surface area (Å²) in [6.07, 6.45) is 1.49. The molecule has 2 saturated heterocycles. The van der Waals surface area contributed by atoms with Gasteiger partial charge in [-0.1, -0.05) is 30.3 Å². The lowest BCUT2D eigenvalue weighted by Gasteiger charge is -2.23. The highest BCUT2D eigenvalue weighted by Gasteiger charge is 2.36. The number of aromatic nitrogens is 1. The maximum Gasteiger partial charge on any atom is 0.256 e. The highest BCUT2D eigenvalue weighted by atomic mass is 19.1. The molecule has 0 saturated carbocycles. The average Bonchev–Trinajstić information content (AvgIpc) is 3.54. The summed E-state index contributed by atoms with van der Waals surface area (Å²) in [5.74, 6) is -0.294. The lowest BCUT2D eigenvalue weighted by atomic mass is 10.1. The van der Waals surface area contributed by atoms with Crippen molar-refractivity contribution in [1.29, 1.82) is 5.26 Å². The topological polar surface area (TPSA) is 92.6 Å². The Morgan fingerprint density at radius 2 is 1.97 bits per heavy atom. The van der Waals surface area contributed by atoms with Gasteiger partial charge in [-0.2, -0.15) is 5.26 Å². The molecule has 0 spiro atoms. The molecule has 0 radical (unpaired) electrons. The fourth-order valence-corrected chi connectivity index (χ4v) is 5.38. The molecule has 0 aliphatic carbocycles. The fourth-order valence-electron chi connectivity index (χ4n) is 5.38. The number of rotatable bonds is 7. The van der Waals surface area contributed by atoms with Gasteiger partial charge < -0.3 is 15.1 Å². The summed E-state index contributed by atoms with van der Waals surface area (Å²) in [6, 6.07) is 18.9. The largest absolute Gasteiger partial charge is 0.380 e. The molecular weight excluding hydrogens is 483 g/mol. The summed E-state index contributed by atoms with van der Waals surface area (Å²) in [7, 11) is 1.79. The number of halogens is 1. The second kappa shape index (κ2) is 11.2. The number of benzene rings is 2. The molecule has 3 atom stereocenters. The monoisotopic (exact) mass is 514 g/mol. The van der Waals surface area contributed by atoms with Crippen LogP contribution in [0.3, 0.4) is 0 Å². The van der Waals surface area contributed by atoms with Crippen LogP contribution in [0.4, 0.5) is 10.1 Å². The van der Waals surface area contributed by atoms with Crippen molar-refractivity contribution < 1.29 is 14.0 Å². The van der Waals surface area contributed by atoms with Crippen molar-refractivity contribution in [3.63, 3.8) is 0 Å². The maximum atomic E-state index is 13.7. The number of hydrogen-bond donors (Lipinski definition) is 1. The minimum Gasteiger partial charge on any atom is -0.380 e. The van der Waals surface area contributed by atoms with E-state index in [-0.39, 0.29) is 37.4 Å². The number of nitrogens with zero attached hydrogens (tertiary/aromatic N) is 5. The Bertz CT molecular complexity index is 1360. The first-order valence-electron chi connectivity index (χ1n) is 12.9. The first-order valence-corrected chi connectivity index (χ1v) is 12.9. The van der Waals surface area contributed by atoms with E-state index < -0.39 is 12.2 Å². The number of carbonyl (C=O) groups excluding carboxylic acids is 2. The molecule has 2 aliphatic rings. The SMILES string of the molecule is CN(Cc1ccccc1)C(=O)c1ccc(N[C@H]2CCN(CC(=O)N3C[C@@H](F)CC3C#N)C2)c2cccnc12. The molecule has 1 unspecified atom stereocenters. The van der Waals surface area contributed by atoms with Crippen LogP contribution in [0.25, 0.3) is 10.9 Å². The van der Waals surface area contributed by atoms with Gasteiger partial charge in [0.25, 0.3) is 5.91 Å². The molecule has 1 N–H and O–H groups in total. The molecular formula is C29H31FN6O2. The maximum absolute atomic E-state index is 13.7. The van der Waals surface area contributed by atoms with E-state index in [0.717, 1.165) is 29.6 Å². The third-order valence-corrected chi connectivity index (χ3v) is 7.32. The van der Waals surface area contributed by atoms with E-state index in [9.17, 15) is 19.2 Å². The second-order valence-corrected chi connectivity index (χ2v) is 10.1. The third kappa shape index (κ3) is 5.46. The highest BCUT2D eigenvalue weighted by Crippen LogP contribution is 2.28. The number of nitriles is 1. The Balaban J connectivity index is 1.25. The van der Waals surface area contributed by atoms with Crippen LogP contribution in [0.1, 0.15) is 28.8 Å². The van der Waals surface area contributed by atoms with Crippen LogP contribution in [0, 0.1) is 11.3 Å². The van der Waals surface area contributed by atoms with Crippen molar-refractivity contribution in [1.82, 2.24) is 19.7 Å². The molecule has 3 heterocycles. The van der Waals surface area contributed by atoms with E-state index in [4.69, 9.17) is 0 Å². The molecule has 5 rings (SSSR count). The van der Waals surface area contributed by atoms with Crippen LogP contribution in [-0.4, -0.2) is 83.0 Å². The van der Waals surface area contributed by atoms with Gasteiger partial charge >= 0.3 is 0 Å². The van der Waals surface area contributed by atoms with Gasteiger partial charge in [-0.15, -0.1) is 0 Å². The van der Waals surface area contributed by atoms with E-state index in [0.29, 0.717) is 24.2 Å². The summed E-state index contributed by atoms with van der Waals surface area (Å²) in [5, 5.41) is 13.7. The number of carbonyl (C=O) groups is 2. The van der Waals surface area contributed by atoms with Crippen LogP contribution in [0.15, 0.2) is 60.8 Å². The van der Waals surface area contributed by atoms with E-state index in [1.54, 1.807) is 18.1 Å². The lowest BCUT2D eigenvalue weighted by Crippen LogP contribution is -2.42. The number of anilines is 1. The molecule has 3 aromatic rings. The fraction of sp³-hybridized carbons (Fsp3) is 0.379. The normalized spacial score (nSPS) is 21.4. The molecule has 38 heavy (non-hydrogen) atoms. The Morgan fingerprint density at radius 3 is 2.76 bits per heavy atom. The Morgan fingerprint density at radius 1 is 1.16 bits per heavy atom. The van der Waals surface area contributed by atoms with Gasteiger partial charge in [0.05, 0.1) is 30.2 Å². The number of hydrogen-bond acceptors (Lipinski definition) is 6. The van der Waals surface area contributed by atoms with Gasteiger partial charge in [0, 0.05) is 56.4 Å². The van der Waals surface area contributed by atoms with Crippen LogP contribution >= 0.6 is 0 Å². The van der Waals surface area contributed by atoms with Crippen molar-refractivity contribution >= 4 is 28.4 Å². The predicted octanol–water partition coefficient (Wildman–Crippen LogP) is 3.46. The lowest BCUT2D eigenvalue weighted by molar-refractivity contribution is -0.132. The predicted molar refractivity (Wildman–Crippen MR) is 143 cm³/mol. The van der Waals surface area contributed by atoms with Crippen molar-refractivity contribution in [3.05, 3.63) is 71.9 Å². The second-order valence-electron chi connectivity index (χ2n) is 10.1. The number of fused-ring (bicyclic) bond motifs is 1. The standard InChI is InChI=1S/C29H31FN6O2/c1-34(16-20-6-3-2-4-7-20)29(38)25-9-10-26(24-8-5-12-32-28(24)25)33-22-11-13-35(18-22)19-27(37)36-17-21(30)14-23(36)15-31/h2-10,12,21-23,33H,11,13-14,16-19H2,1H3/t21-,22-,23?/m0/s1. The van der Waals surface area contributed by atoms with E-state index in [2.05, 4.69) is 10.3 Å². The third-order valence-electron chi connectivity index (χ3n) is 7.32. The number of likely N-dealkylation sites (tertiary alicyclic amines) is 2. The van der Waals surface area contributed by atoms with Gasteiger partial charge in [-0.25, -0.2) is 4.39 Å². The van der Waals surface area contributed by atoms with Crippen LogP contribution in [0.2, 0.25) is 0 Å². The van der Waals surface area contributed by atoms with E-state index in [1.807, 2.05) is 65.6 Å². The smallest absolute Gasteiger partial charge is 0.256 e. The summed E-state index contributed by atoms with van der Waals surface area (Å²) in [5.41, 5.74) is 3.13. The molecule has 2 amide bonds. The van der Waals surface area contributed by atoms with Gasteiger partial charge in [-0.05, 0) is 36.2 Å². The summed E-state index contributed by atoms with van der Waals surface area (Å²) < 4.78 is 13.7. The average molecular weight is 515 g/mol. The molecule has 8 nitrogen and oxygen atoms in total. The van der Waals surface area contributed by atoms with Crippen LogP contribution in [0.5, 0.6) is 0 Å². The molecule has 9 heteroatoms. The molecule has 2 aliphatic heterocycles. The minimum atomic E-state index is -1.13. The Kier molecular flexibility index (Phi) is 7.52. The summed E-state index contributed by atoms with van der Waals surface area (Å²) >= 11 is 0. The van der Waals surface area contributed by atoms with Gasteiger partial charge in [0.2, 0.25) is 5.91 Å². The molecule has 2 aromatic carbocycles. The number of pyridine rings is 1. The van der Waals surface area contributed by atoms with Crippen molar-refractivity contribution in [2.75, 3.05) is 38.5 Å². The number of amides is 2. The van der Waals surface area contributed by atoms with E-state index >= 15 is 0 Å². The van der Waals surface area contributed by atoms with Gasteiger partial charge in [-0.3, -0.25) is 19.5 Å². The zero-order valence-corrected chi connectivity index (χ0v) is 21.4. The van der Waals surface area contributed by atoms with Crippen LogP contribution in [-0.2, 0) is 11.3 Å². The summed E-state index contributed by atoms with van der Waals surface area (Å²) in [6.45, 7) is 2.05. The van der Waals surface area contributed by atoms with E-state index in [1.165, 1.54) is 4.90 Å². The van der Waals surface area contributed by atoms with Crippen molar-refractivity contribution in [3.8, 4) is 6.07 Å². The van der Waals surface area contributed by atoms with Crippen LogP contribution < -0.4 is 5.32 Å². The van der Waals surface area contributed by atoms with Gasteiger partial charge in [0.1, 0.15) is 12.2 Å². The number of alkyl halides is 1. The molecule has 1 aromatic heterocycles. The van der Waals surface area contributed by atoms with Crippen molar-refractivity contribution in [2.24, 2.45) is 0 Å². The first kappa shape index (κ1) is 25.6. The summed E-state index contributed by atoms with van der Waals surface area (Å²) in [4.78, 5) is 35.7. The number of nitrogens with one attached hydrogen (secondary N) is 1. The molecule has 196 valence electrons. The molecule has 2 fully saturated rings. The first-order chi connectivity index (χ1) is 18.4. The zero-order valence-electron chi connectivity index (χ0n) is 21.4. The van der Waals surface area contributed by atoms with Gasteiger partial charge in [0.15, 0.2) is 0 Å². The minimum absolute atomic E-state index is 0.00280. The Labute approximate surface area is 221 Å². The zero-order chi connectivity index (χ0) is 26.6.